The molecule has 1 aliphatic carbocycles. The van der Waals surface area contributed by atoms with Crippen LogP contribution in [0.5, 0.6) is 0 Å². The maximum atomic E-state index is 12.1. The van der Waals surface area contributed by atoms with Crippen LogP contribution in [-0.4, -0.2) is 44.9 Å². The summed E-state index contributed by atoms with van der Waals surface area (Å²) in [5.74, 6) is 0.367. The number of hydrogen-bond acceptors (Lipinski definition) is 5. The predicted molar refractivity (Wildman–Crippen MR) is 116 cm³/mol. The smallest absolute Gasteiger partial charge is 0.152 e. The topological polar surface area (TPSA) is 93.5 Å². The zero-order valence-corrected chi connectivity index (χ0v) is 17.7. The van der Waals surface area contributed by atoms with E-state index < -0.39 is 15.4 Å². The van der Waals surface area contributed by atoms with Crippen molar-refractivity contribution < 1.29 is 8.42 Å². The van der Waals surface area contributed by atoms with Crippen LogP contribution in [-0.2, 0) is 28.2 Å². The number of pyridine rings is 1. The third kappa shape index (κ3) is 2.62. The number of benzene rings is 1. The molecular weight excluding hydrogens is 398 g/mol. The van der Waals surface area contributed by atoms with E-state index in [4.69, 9.17) is 4.98 Å². The van der Waals surface area contributed by atoms with E-state index >= 15 is 0 Å². The molecule has 2 aliphatic rings. The fraction of sp³-hybridized carbons (Fsp3) is 0.409. The van der Waals surface area contributed by atoms with E-state index in [0.717, 1.165) is 46.9 Å². The lowest BCUT2D eigenvalue weighted by atomic mass is 9.86. The van der Waals surface area contributed by atoms with Crippen molar-refractivity contribution in [3.63, 3.8) is 0 Å². The molecule has 0 bridgehead atoms. The number of aromatic amines is 1. The lowest BCUT2D eigenvalue weighted by Gasteiger charge is -2.23. The number of nitrogens with one attached hydrogen (secondary N) is 1. The van der Waals surface area contributed by atoms with Gasteiger partial charge in [-0.25, -0.2) is 13.4 Å². The minimum atomic E-state index is -3.00. The fourth-order valence-corrected chi connectivity index (χ4v) is 7.32. The first-order valence-electron chi connectivity index (χ1n) is 10.5. The van der Waals surface area contributed by atoms with Gasteiger partial charge in [-0.2, -0.15) is 10.2 Å². The van der Waals surface area contributed by atoms with Crippen molar-refractivity contribution >= 4 is 31.6 Å². The van der Waals surface area contributed by atoms with Crippen LogP contribution in [0.25, 0.3) is 33.1 Å². The van der Waals surface area contributed by atoms with Gasteiger partial charge >= 0.3 is 0 Å². The van der Waals surface area contributed by atoms with Crippen LogP contribution in [0, 0.1) is 0 Å². The summed E-state index contributed by atoms with van der Waals surface area (Å²) >= 11 is 0. The standard InChI is InChI=1S/C22H23N5O2S/c1-22(8-9-30(28,29)13-22)27-12-14(10-24-27)21-16-5-3-2-4-15(16)20-17-11-23-26-18(17)6-7-19(20)25-21/h6-7,10-12H,2-5,8-9,13H2,1H3,(H,23,26). The van der Waals surface area contributed by atoms with Gasteiger partial charge in [0, 0.05) is 22.5 Å². The summed E-state index contributed by atoms with van der Waals surface area (Å²) in [7, 11) is -3.00. The molecule has 4 aromatic rings. The zero-order chi connectivity index (χ0) is 20.5. The van der Waals surface area contributed by atoms with E-state index in [0.29, 0.717) is 6.42 Å². The first-order valence-corrected chi connectivity index (χ1v) is 12.3. The van der Waals surface area contributed by atoms with Gasteiger partial charge in [-0.3, -0.25) is 9.78 Å². The Morgan fingerprint density at radius 1 is 1.13 bits per heavy atom. The normalized spacial score (nSPS) is 23.2. The van der Waals surface area contributed by atoms with Crippen molar-refractivity contribution in [2.24, 2.45) is 0 Å². The van der Waals surface area contributed by atoms with E-state index in [9.17, 15) is 8.42 Å². The van der Waals surface area contributed by atoms with Crippen LogP contribution < -0.4 is 0 Å². The Hall–Kier alpha value is -2.74. The largest absolute Gasteiger partial charge is 0.278 e. The molecule has 1 aromatic carbocycles. The second-order valence-corrected chi connectivity index (χ2v) is 11.1. The first kappa shape index (κ1) is 18.1. The van der Waals surface area contributed by atoms with Crippen LogP contribution >= 0.6 is 0 Å². The molecule has 1 saturated heterocycles. The number of nitrogens with zero attached hydrogens (tertiary/aromatic N) is 4. The third-order valence-electron chi connectivity index (χ3n) is 6.78. The Morgan fingerprint density at radius 3 is 2.77 bits per heavy atom. The van der Waals surface area contributed by atoms with Crippen molar-refractivity contribution in [3.05, 3.63) is 41.9 Å². The second kappa shape index (κ2) is 6.14. The number of hydrogen-bond donors (Lipinski definition) is 1. The van der Waals surface area contributed by atoms with Gasteiger partial charge in [0.1, 0.15) is 0 Å². The molecule has 1 unspecified atom stereocenters. The van der Waals surface area contributed by atoms with E-state index in [-0.39, 0.29) is 11.5 Å². The fourth-order valence-electron chi connectivity index (χ4n) is 5.20. The number of sulfone groups is 1. The van der Waals surface area contributed by atoms with E-state index in [1.165, 1.54) is 22.9 Å². The second-order valence-electron chi connectivity index (χ2n) is 8.93. The van der Waals surface area contributed by atoms with Gasteiger partial charge < -0.3 is 0 Å². The minimum absolute atomic E-state index is 0.142. The Balaban J connectivity index is 1.54. The van der Waals surface area contributed by atoms with Gasteiger partial charge in [-0.05, 0) is 62.3 Å². The van der Waals surface area contributed by atoms with E-state index in [1.807, 2.05) is 36.3 Å². The molecule has 8 heteroatoms. The molecule has 0 spiro atoms. The number of aryl methyl sites for hydroxylation is 1. The molecule has 7 nitrogen and oxygen atoms in total. The monoisotopic (exact) mass is 421 g/mol. The van der Waals surface area contributed by atoms with Gasteiger partial charge in [-0.15, -0.1) is 0 Å². The van der Waals surface area contributed by atoms with Gasteiger partial charge in [0.05, 0.1) is 46.2 Å². The molecular formula is C22H23N5O2S. The molecule has 1 fully saturated rings. The maximum absolute atomic E-state index is 12.1. The van der Waals surface area contributed by atoms with Crippen LogP contribution in [0.2, 0.25) is 0 Å². The molecule has 6 rings (SSSR count). The van der Waals surface area contributed by atoms with Crippen LogP contribution in [0.3, 0.4) is 0 Å². The average molecular weight is 422 g/mol. The van der Waals surface area contributed by atoms with Crippen molar-refractivity contribution in [2.45, 2.75) is 44.6 Å². The van der Waals surface area contributed by atoms with Gasteiger partial charge in [0.2, 0.25) is 0 Å². The molecule has 1 N–H and O–H groups in total. The number of aromatic nitrogens is 5. The lowest BCUT2D eigenvalue weighted by molar-refractivity contribution is 0.328. The Kier molecular flexibility index (Phi) is 3.69. The summed E-state index contributed by atoms with van der Waals surface area (Å²) < 4.78 is 26.0. The highest BCUT2D eigenvalue weighted by Crippen LogP contribution is 2.38. The third-order valence-corrected chi connectivity index (χ3v) is 8.67. The Labute approximate surface area is 174 Å². The van der Waals surface area contributed by atoms with Crippen LogP contribution in [0.15, 0.2) is 30.7 Å². The molecule has 1 atom stereocenters. The molecule has 154 valence electrons. The highest BCUT2D eigenvalue weighted by Gasteiger charge is 2.40. The predicted octanol–water partition coefficient (Wildman–Crippen LogP) is 3.39. The van der Waals surface area contributed by atoms with Crippen LogP contribution in [0.4, 0.5) is 0 Å². The highest BCUT2D eigenvalue weighted by atomic mass is 32.2. The summed E-state index contributed by atoms with van der Waals surface area (Å²) in [5.41, 5.74) is 6.14. The molecule has 0 amide bonds. The molecule has 1 aliphatic heterocycles. The van der Waals surface area contributed by atoms with Crippen molar-refractivity contribution in [1.29, 1.82) is 0 Å². The maximum Gasteiger partial charge on any atom is 0.152 e. The highest BCUT2D eigenvalue weighted by molar-refractivity contribution is 7.91. The van der Waals surface area contributed by atoms with E-state index in [2.05, 4.69) is 21.4 Å². The van der Waals surface area contributed by atoms with Crippen molar-refractivity contribution in [2.75, 3.05) is 11.5 Å². The van der Waals surface area contributed by atoms with Gasteiger partial charge in [0.25, 0.3) is 0 Å². The number of rotatable bonds is 2. The molecule has 3 aromatic heterocycles. The first-order chi connectivity index (χ1) is 14.4. The zero-order valence-electron chi connectivity index (χ0n) is 16.9. The SMILES string of the molecule is CC1(n2cc(-c3nc4ccc5[nH]ncc5c4c4c3CCCC4)cn2)CCS(=O)(=O)C1. The van der Waals surface area contributed by atoms with E-state index in [1.54, 1.807) is 0 Å². The summed E-state index contributed by atoms with van der Waals surface area (Å²) in [6.07, 6.45) is 10.7. The molecule has 0 radical (unpaired) electrons. The molecule has 4 heterocycles. The minimum Gasteiger partial charge on any atom is -0.278 e. The molecule has 30 heavy (non-hydrogen) atoms. The Morgan fingerprint density at radius 2 is 1.97 bits per heavy atom. The van der Waals surface area contributed by atoms with Gasteiger partial charge in [0.15, 0.2) is 9.84 Å². The summed E-state index contributed by atoms with van der Waals surface area (Å²) in [6.45, 7) is 1.98. The number of fused-ring (bicyclic) bond motifs is 5. The van der Waals surface area contributed by atoms with Crippen molar-refractivity contribution in [1.82, 2.24) is 25.0 Å². The molecule has 0 saturated carbocycles. The quantitative estimate of drug-likeness (QED) is 0.535. The summed E-state index contributed by atoms with van der Waals surface area (Å²) in [6, 6.07) is 4.09. The lowest BCUT2D eigenvalue weighted by Crippen LogP contribution is -2.31. The average Bonchev–Trinajstić information content (AvgIpc) is 3.46. The van der Waals surface area contributed by atoms with Crippen molar-refractivity contribution in [3.8, 4) is 11.3 Å². The van der Waals surface area contributed by atoms with Crippen LogP contribution in [0.1, 0.15) is 37.3 Å². The Bertz CT molecular complexity index is 1420. The summed E-state index contributed by atoms with van der Waals surface area (Å²) in [5, 5.41) is 14.2. The summed E-state index contributed by atoms with van der Waals surface area (Å²) in [4.78, 5) is 5.07. The number of H-pyrrole nitrogens is 1. The van der Waals surface area contributed by atoms with Gasteiger partial charge in [-0.1, -0.05) is 0 Å².